The van der Waals surface area contributed by atoms with Crippen LogP contribution in [0.25, 0.3) is 0 Å². The molecule has 0 radical (unpaired) electrons. The Kier molecular flexibility index (Phi) is 43.8. The minimum atomic E-state index is -1.38. The van der Waals surface area contributed by atoms with Crippen LogP contribution in [-0.4, -0.2) is 59.3 Å². The molecule has 0 aromatic rings. The largest absolute Gasteiger partial charge is 0.480 e. The van der Waals surface area contributed by atoms with Crippen molar-refractivity contribution in [2.75, 3.05) is 13.2 Å². The van der Waals surface area contributed by atoms with Gasteiger partial charge in [-0.05, 0) is 70.6 Å². The molecule has 0 fully saturated rings. The monoisotopic (exact) mass is 847 g/mol. The summed E-state index contributed by atoms with van der Waals surface area (Å²) < 4.78 is 6.07. The molecule has 0 bridgehead atoms. The van der Waals surface area contributed by atoms with E-state index in [1.807, 2.05) is 0 Å². The lowest BCUT2D eigenvalue weighted by Gasteiger charge is -2.18. The fourth-order valence-corrected chi connectivity index (χ4v) is 7.57. The van der Waals surface area contributed by atoms with Gasteiger partial charge in [0.05, 0.1) is 13.2 Å². The molecule has 2 unspecified atom stereocenters. The van der Waals surface area contributed by atoms with E-state index in [0.29, 0.717) is 19.3 Å². The smallest absolute Gasteiger partial charge is 0.328 e. The first kappa shape index (κ1) is 57.3. The Bertz CT molecular complexity index is 1060. The Morgan fingerprint density at radius 2 is 0.900 bits per heavy atom. The second-order valence-electron chi connectivity index (χ2n) is 17.3. The van der Waals surface area contributed by atoms with Gasteiger partial charge in [-0.1, -0.05) is 192 Å². The number of rotatable bonds is 46. The standard InChI is InChI=1S/C51H94N2O7/c1-3-5-7-9-11-13-15-17-19-20-22-24-26-28-30-35-39-43-50(57)60-46(40-36-32-29-27-25-23-21-18-16-14-12-10-8-6-4-2)41-37-33-31-34-38-42-48(55)52-44-49(56)53-47(45-54)51(58)59/h11,13,17,19,46-47,54H,3-10,12,14-16,18,20-45H2,1-2H3,(H,52,55)(H,53,56)(H,58,59)/b13-11-,19-17-. The Morgan fingerprint density at radius 1 is 0.500 bits per heavy atom. The third kappa shape index (κ3) is 42.0. The number of carbonyl (C=O) groups excluding carboxylic acids is 3. The number of carboxylic acids is 1. The number of unbranched alkanes of at least 4 members (excludes halogenated alkanes) is 28. The third-order valence-electron chi connectivity index (χ3n) is 11.5. The number of carboxylic acid groups (broad SMARTS) is 1. The van der Waals surface area contributed by atoms with E-state index in [-0.39, 0.29) is 24.5 Å². The van der Waals surface area contributed by atoms with Crippen LogP contribution in [-0.2, 0) is 23.9 Å². The topological polar surface area (TPSA) is 142 Å². The van der Waals surface area contributed by atoms with E-state index in [1.165, 1.54) is 154 Å². The summed E-state index contributed by atoms with van der Waals surface area (Å²) >= 11 is 0. The van der Waals surface area contributed by atoms with Crippen molar-refractivity contribution in [1.82, 2.24) is 10.6 Å². The molecule has 4 N–H and O–H groups in total. The summed E-state index contributed by atoms with van der Waals surface area (Å²) in [6.45, 7) is 3.49. The molecule has 9 nitrogen and oxygen atoms in total. The second kappa shape index (κ2) is 45.8. The van der Waals surface area contributed by atoms with Crippen LogP contribution < -0.4 is 10.6 Å². The summed E-state index contributed by atoms with van der Waals surface area (Å²) in [7, 11) is 0. The SMILES string of the molecule is CCCCC/C=C\C/C=C\CCCCCCCCCC(=O)OC(CCCCCCCCCCCCCCCCC)CCCCCCCC(=O)NCC(=O)NC(CO)C(=O)O. The molecule has 0 heterocycles. The van der Waals surface area contributed by atoms with E-state index in [9.17, 15) is 19.2 Å². The molecule has 0 aliphatic rings. The maximum absolute atomic E-state index is 12.9. The fourth-order valence-electron chi connectivity index (χ4n) is 7.57. The Labute approximate surface area is 368 Å². The molecule has 60 heavy (non-hydrogen) atoms. The highest BCUT2D eigenvalue weighted by Crippen LogP contribution is 2.19. The molecular formula is C51H94N2O7. The highest BCUT2D eigenvalue weighted by molar-refractivity contribution is 5.87. The van der Waals surface area contributed by atoms with Crippen LogP contribution in [0.4, 0.5) is 0 Å². The molecule has 350 valence electrons. The first-order valence-corrected chi connectivity index (χ1v) is 25.2. The molecule has 0 aliphatic heterocycles. The minimum Gasteiger partial charge on any atom is -0.480 e. The number of ether oxygens (including phenoxy) is 1. The maximum Gasteiger partial charge on any atom is 0.328 e. The van der Waals surface area contributed by atoms with E-state index >= 15 is 0 Å². The predicted octanol–water partition coefficient (Wildman–Crippen LogP) is 13.2. The first-order chi connectivity index (χ1) is 29.3. The molecule has 2 amide bonds. The minimum absolute atomic E-state index is 0.0150. The number of carbonyl (C=O) groups is 4. The predicted molar refractivity (Wildman–Crippen MR) is 250 cm³/mol. The van der Waals surface area contributed by atoms with E-state index in [0.717, 1.165) is 64.2 Å². The molecule has 2 atom stereocenters. The van der Waals surface area contributed by atoms with Crippen molar-refractivity contribution in [3.63, 3.8) is 0 Å². The van der Waals surface area contributed by atoms with Crippen molar-refractivity contribution in [1.29, 1.82) is 0 Å². The van der Waals surface area contributed by atoms with Crippen LogP contribution in [0.15, 0.2) is 24.3 Å². The maximum atomic E-state index is 12.9. The highest BCUT2D eigenvalue weighted by Gasteiger charge is 2.19. The van der Waals surface area contributed by atoms with Crippen molar-refractivity contribution in [3.8, 4) is 0 Å². The number of aliphatic hydroxyl groups excluding tert-OH is 1. The zero-order valence-corrected chi connectivity index (χ0v) is 39.0. The van der Waals surface area contributed by atoms with E-state index in [2.05, 4.69) is 48.8 Å². The van der Waals surface area contributed by atoms with Gasteiger partial charge < -0.3 is 25.6 Å². The van der Waals surface area contributed by atoms with Gasteiger partial charge in [0.15, 0.2) is 0 Å². The number of nitrogens with one attached hydrogen (secondary N) is 2. The van der Waals surface area contributed by atoms with Crippen molar-refractivity contribution in [2.24, 2.45) is 0 Å². The molecule has 9 heteroatoms. The number of esters is 1. The summed E-state index contributed by atoms with van der Waals surface area (Å²) in [5.41, 5.74) is 0. The molecule has 0 spiro atoms. The van der Waals surface area contributed by atoms with Crippen molar-refractivity contribution in [3.05, 3.63) is 24.3 Å². The lowest BCUT2D eigenvalue weighted by atomic mass is 10.0. The summed E-state index contributed by atoms with van der Waals surface area (Å²) in [5.74, 6) is -2.28. The van der Waals surface area contributed by atoms with Crippen molar-refractivity contribution < 1.29 is 34.1 Å². The lowest BCUT2D eigenvalue weighted by molar-refractivity contribution is -0.150. The number of aliphatic carboxylic acids is 1. The molecule has 0 saturated carbocycles. The second-order valence-corrected chi connectivity index (χ2v) is 17.3. The summed E-state index contributed by atoms with van der Waals surface area (Å²) in [5, 5.41) is 22.6. The highest BCUT2D eigenvalue weighted by atomic mass is 16.5. The zero-order valence-electron chi connectivity index (χ0n) is 39.0. The number of allylic oxidation sites excluding steroid dienone is 4. The van der Waals surface area contributed by atoms with Crippen LogP contribution in [0.5, 0.6) is 0 Å². The number of hydrogen-bond donors (Lipinski definition) is 4. The van der Waals surface area contributed by atoms with Crippen molar-refractivity contribution in [2.45, 2.75) is 264 Å². The molecule has 0 aromatic heterocycles. The molecular weight excluding hydrogens is 753 g/mol. The molecule has 0 aliphatic carbocycles. The van der Waals surface area contributed by atoms with Crippen LogP contribution in [0, 0.1) is 0 Å². The fraction of sp³-hybridized carbons (Fsp3) is 0.843. The van der Waals surface area contributed by atoms with Gasteiger partial charge in [0.25, 0.3) is 0 Å². The van der Waals surface area contributed by atoms with Gasteiger partial charge in [-0.25, -0.2) is 4.79 Å². The molecule has 0 rings (SSSR count). The Hall–Kier alpha value is -2.68. The number of amides is 2. The van der Waals surface area contributed by atoms with Crippen LogP contribution in [0.1, 0.15) is 251 Å². The third-order valence-corrected chi connectivity index (χ3v) is 11.5. The normalized spacial score (nSPS) is 12.6. The Morgan fingerprint density at radius 3 is 1.37 bits per heavy atom. The first-order valence-electron chi connectivity index (χ1n) is 25.2. The van der Waals surface area contributed by atoms with Gasteiger partial charge in [-0.2, -0.15) is 0 Å². The molecule has 0 saturated heterocycles. The average molecular weight is 847 g/mol. The quantitative estimate of drug-likeness (QED) is 0.0271. The van der Waals surface area contributed by atoms with Crippen LogP contribution in [0.3, 0.4) is 0 Å². The molecule has 0 aromatic carbocycles. The number of hydrogen-bond acceptors (Lipinski definition) is 6. The number of aliphatic hydroxyl groups is 1. The van der Waals surface area contributed by atoms with Gasteiger partial charge >= 0.3 is 11.9 Å². The van der Waals surface area contributed by atoms with Crippen LogP contribution >= 0.6 is 0 Å². The van der Waals surface area contributed by atoms with Crippen molar-refractivity contribution >= 4 is 23.8 Å². The Balaban J connectivity index is 4.31. The van der Waals surface area contributed by atoms with E-state index in [4.69, 9.17) is 14.9 Å². The summed E-state index contributed by atoms with van der Waals surface area (Å²) in [6, 6.07) is -1.38. The van der Waals surface area contributed by atoms with Gasteiger partial charge in [0.1, 0.15) is 12.1 Å². The average Bonchev–Trinajstić information content (AvgIpc) is 3.23. The van der Waals surface area contributed by atoms with Gasteiger partial charge in [0.2, 0.25) is 11.8 Å². The van der Waals surface area contributed by atoms with E-state index < -0.39 is 24.5 Å². The summed E-state index contributed by atoms with van der Waals surface area (Å²) in [4.78, 5) is 47.8. The van der Waals surface area contributed by atoms with Crippen LogP contribution in [0.2, 0.25) is 0 Å². The van der Waals surface area contributed by atoms with Gasteiger partial charge in [-0.15, -0.1) is 0 Å². The van der Waals surface area contributed by atoms with Gasteiger partial charge in [-0.3, -0.25) is 14.4 Å². The lowest BCUT2D eigenvalue weighted by Crippen LogP contribution is -2.47. The zero-order chi connectivity index (χ0) is 44.0. The summed E-state index contributed by atoms with van der Waals surface area (Å²) in [6.07, 6.45) is 52.1. The van der Waals surface area contributed by atoms with Gasteiger partial charge in [0, 0.05) is 12.8 Å². The van der Waals surface area contributed by atoms with E-state index in [1.54, 1.807) is 0 Å².